The molecule has 5 rings (SSSR count). The van der Waals surface area contributed by atoms with Crippen molar-refractivity contribution in [1.82, 2.24) is 29.9 Å². The highest BCUT2D eigenvalue weighted by Gasteiger charge is 2.21. The van der Waals surface area contributed by atoms with Crippen LogP contribution in [0.15, 0.2) is 49.1 Å². The fraction of sp³-hybridized carbons (Fsp3) is 0.160. The molecule has 204 valence electrons. The number of rotatable bonds is 8. The summed E-state index contributed by atoms with van der Waals surface area (Å²) in [5, 5.41) is 2.85. The summed E-state index contributed by atoms with van der Waals surface area (Å²) in [6.07, 6.45) is 5.05. The number of amides is 1. The van der Waals surface area contributed by atoms with Crippen LogP contribution in [-0.4, -0.2) is 49.0 Å². The van der Waals surface area contributed by atoms with Gasteiger partial charge in [-0.2, -0.15) is 22.5 Å². The molecule has 5 heterocycles. The van der Waals surface area contributed by atoms with E-state index in [9.17, 15) is 22.4 Å². The van der Waals surface area contributed by atoms with Crippen molar-refractivity contribution >= 4 is 32.9 Å². The maximum absolute atomic E-state index is 13.3. The van der Waals surface area contributed by atoms with E-state index in [1.165, 1.54) is 36.8 Å². The molecule has 10 nitrogen and oxygen atoms in total. The van der Waals surface area contributed by atoms with Gasteiger partial charge in [0.1, 0.15) is 11.4 Å². The molecule has 1 amide bonds. The number of halogens is 4. The number of pyridine rings is 3. The average Bonchev–Trinajstić information content (AvgIpc) is 3.31. The van der Waals surface area contributed by atoms with E-state index in [2.05, 4.69) is 44.7 Å². The number of thiazole rings is 1. The number of nitrogens with zero attached hydrogens (tertiary/aromatic N) is 6. The lowest BCUT2D eigenvalue weighted by Crippen LogP contribution is -2.14. The normalized spacial score (nSPS) is 11.3. The summed E-state index contributed by atoms with van der Waals surface area (Å²) in [6, 6.07) is 5.90. The monoisotopic (exact) mass is 571 g/mol. The molecule has 0 aliphatic heterocycles. The molecule has 0 bridgehead atoms. The molecule has 0 aliphatic rings. The van der Waals surface area contributed by atoms with Crippen LogP contribution in [0.5, 0.6) is 11.5 Å². The predicted octanol–water partition coefficient (Wildman–Crippen LogP) is 5.68. The number of alkyl halides is 4. The van der Waals surface area contributed by atoms with E-state index in [1.54, 1.807) is 19.9 Å². The highest BCUT2D eigenvalue weighted by atomic mass is 32.1. The molecule has 0 aromatic carbocycles. The second kappa shape index (κ2) is 11.1. The molecular formula is C25H17F4N7O3S. The van der Waals surface area contributed by atoms with Crippen LogP contribution in [0.1, 0.15) is 21.7 Å². The van der Waals surface area contributed by atoms with Crippen molar-refractivity contribution < 1.29 is 31.8 Å². The molecule has 0 aliphatic carbocycles. The van der Waals surface area contributed by atoms with Crippen LogP contribution in [0.4, 0.5) is 22.7 Å². The number of anilines is 1. The lowest BCUT2D eigenvalue weighted by atomic mass is 9.99. The lowest BCUT2D eigenvalue weighted by molar-refractivity contribution is -0.0505. The molecule has 0 saturated carbocycles. The summed E-state index contributed by atoms with van der Waals surface area (Å²) in [4.78, 5) is 38.9. The minimum atomic E-state index is -3.09. The van der Waals surface area contributed by atoms with Gasteiger partial charge >= 0.3 is 13.2 Å². The Bertz CT molecular complexity index is 1700. The fourth-order valence-corrected chi connectivity index (χ4v) is 4.47. The third-order valence-corrected chi connectivity index (χ3v) is 6.22. The van der Waals surface area contributed by atoms with E-state index >= 15 is 0 Å². The van der Waals surface area contributed by atoms with Crippen molar-refractivity contribution in [3.63, 3.8) is 0 Å². The number of aromatic nitrogens is 6. The first kappa shape index (κ1) is 26.8. The van der Waals surface area contributed by atoms with Crippen LogP contribution >= 0.6 is 11.3 Å². The average molecular weight is 572 g/mol. The summed E-state index contributed by atoms with van der Waals surface area (Å²) < 4.78 is 59.8. The van der Waals surface area contributed by atoms with Gasteiger partial charge in [0.05, 0.1) is 29.8 Å². The van der Waals surface area contributed by atoms with E-state index in [1.807, 2.05) is 0 Å². The number of aryl methyl sites for hydroxylation is 2. The van der Waals surface area contributed by atoms with Gasteiger partial charge in [-0.3, -0.25) is 25.1 Å². The minimum absolute atomic E-state index is 0.0893. The number of hydrogen-bond acceptors (Lipinski definition) is 10. The Balaban J connectivity index is 1.43. The Morgan fingerprint density at radius 3 is 2.25 bits per heavy atom. The number of ether oxygens (including phenoxy) is 2. The van der Waals surface area contributed by atoms with E-state index < -0.39 is 19.1 Å². The van der Waals surface area contributed by atoms with Crippen LogP contribution in [0.3, 0.4) is 0 Å². The first-order valence-electron chi connectivity index (χ1n) is 11.4. The molecule has 15 heteroatoms. The molecular weight excluding hydrogens is 554 g/mol. The van der Waals surface area contributed by atoms with Gasteiger partial charge in [-0.15, -0.1) is 0 Å². The van der Waals surface area contributed by atoms with Gasteiger partial charge in [-0.05, 0) is 38.1 Å². The second-order valence-corrected chi connectivity index (χ2v) is 9.16. The SMILES string of the molecule is Cc1cc(-c2cc(C)ncc2C(=O)Nc2nc3ncc(-c4ccc(OC(F)F)cn4)nc3s2)c(OC(F)F)cn1. The maximum atomic E-state index is 13.3. The van der Waals surface area contributed by atoms with Crippen LogP contribution in [0.2, 0.25) is 0 Å². The number of hydrogen-bond donors (Lipinski definition) is 1. The molecule has 0 radical (unpaired) electrons. The third-order valence-electron chi connectivity index (χ3n) is 5.36. The van der Waals surface area contributed by atoms with Crippen molar-refractivity contribution in [3.8, 4) is 34.0 Å². The zero-order valence-electron chi connectivity index (χ0n) is 20.6. The molecule has 5 aromatic heterocycles. The molecule has 0 unspecified atom stereocenters. The first-order chi connectivity index (χ1) is 19.2. The van der Waals surface area contributed by atoms with Crippen molar-refractivity contribution in [3.05, 3.63) is 66.0 Å². The molecule has 0 atom stereocenters. The molecule has 5 aromatic rings. The smallest absolute Gasteiger partial charge is 0.387 e. The fourth-order valence-electron chi connectivity index (χ4n) is 3.68. The summed E-state index contributed by atoms with van der Waals surface area (Å²) >= 11 is 1.04. The first-order valence-corrected chi connectivity index (χ1v) is 12.2. The Kier molecular flexibility index (Phi) is 7.46. The van der Waals surface area contributed by atoms with Crippen LogP contribution in [0, 0.1) is 13.8 Å². The quantitative estimate of drug-likeness (QED) is 0.234. The van der Waals surface area contributed by atoms with E-state index in [0.717, 1.165) is 17.5 Å². The van der Waals surface area contributed by atoms with E-state index in [4.69, 9.17) is 0 Å². The predicted molar refractivity (Wildman–Crippen MR) is 137 cm³/mol. The Hall–Kier alpha value is -4.79. The summed E-state index contributed by atoms with van der Waals surface area (Å²) in [5.41, 5.74) is 2.69. The lowest BCUT2D eigenvalue weighted by Gasteiger charge is -2.14. The molecule has 0 spiro atoms. The molecule has 0 saturated heterocycles. The zero-order chi connectivity index (χ0) is 28.4. The number of carbonyl (C=O) groups excluding carboxylic acids is 1. The van der Waals surface area contributed by atoms with Crippen LogP contribution < -0.4 is 14.8 Å². The number of nitrogens with one attached hydrogen (secondary N) is 1. The third kappa shape index (κ3) is 5.93. The van der Waals surface area contributed by atoms with Gasteiger partial charge in [0, 0.05) is 28.7 Å². The van der Waals surface area contributed by atoms with Gasteiger partial charge in [-0.1, -0.05) is 11.3 Å². The Morgan fingerprint density at radius 1 is 0.825 bits per heavy atom. The summed E-state index contributed by atoms with van der Waals surface area (Å²) in [7, 11) is 0. The minimum Gasteiger partial charge on any atom is -0.433 e. The van der Waals surface area contributed by atoms with E-state index in [-0.39, 0.29) is 33.4 Å². The van der Waals surface area contributed by atoms with Crippen molar-refractivity contribution in [1.29, 1.82) is 0 Å². The summed E-state index contributed by atoms with van der Waals surface area (Å²) in [6.45, 7) is -2.68. The highest BCUT2D eigenvalue weighted by Crippen LogP contribution is 2.34. The van der Waals surface area contributed by atoms with Gasteiger partial charge in [0.15, 0.2) is 21.4 Å². The van der Waals surface area contributed by atoms with Gasteiger partial charge < -0.3 is 9.47 Å². The van der Waals surface area contributed by atoms with Gasteiger partial charge in [0.2, 0.25) is 0 Å². The maximum Gasteiger partial charge on any atom is 0.387 e. The molecule has 1 N–H and O–H groups in total. The van der Waals surface area contributed by atoms with Crippen LogP contribution in [0.25, 0.3) is 33.0 Å². The largest absolute Gasteiger partial charge is 0.433 e. The molecule has 0 fully saturated rings. The van der Waals surface area contributed by atoms with Crippen LogP contribution in [-0.2, 0) is 0 Å². The van der Waals surface area contributed by atoms with Crippen molar-refractivity contribution in [2.24, 2.45) is 0 Å². The zero-order valence-corrected chi connectivity index (χ0v) is 21.4. The Labute approximate surface area is 227 Å². The second-order valence-electron chi connectivity index (χ2n) is 8.19. The number of carbonyl (C=O) groups is 1. The van der Waals surface area contributed by atoms with E-state index in [0.29, 0.717) is 33.2 Å². The number of fused-ring (bicyclic) bond motifs is 1. The highest BCUT2D eigenvalue weighted by molar-refractivity contribution is 7.21. The summed E-state index contributed by atoms with van der Waals surface area (Å²) in [5.74, 6) is -0.894. The van der Waals surface area contributed by atoms with Gasteiger partial charge in [0.25, 0.3) is 5.91 Å². The topological polar surface area (TPSA) is 125 Å². The van der Waals surface area contributed by atoms with Crippen molar-refractivity contribution in [2.75, 3.05) is 5.32 Å². The standard InChI is InChI=1S/C25H17F4N7O3S/c1-11-5-14(15-6-12(2)31-10-19(15)39-24(28)29)16(8-30-11)21(37)36-25-35-20-22(40-25)34-18(9-33-20)17-4-3-13(7-32-17)38-23(26)27/h3-10,23-24H,1-2H3,(H,33,35,36,37). The molecule has 40 heavy (non-hydrogen) atoms. The Morgan fingerprint density at radius 2 is 1.55 bits per heavy atom. The van der Waals surface area contributed by atoms with Gasteiger partial charge in [-0.25, -0.2) is 9.97 Å². The van der Waals surface area contributed by atoms with Crippen molar-refractivity contribution in [2.45, 2.75) is 27.1 Å².